The van der Waals surface area contributed by atoms with Gasteiger partial charge in [0.2, 0.25) is 0 Å². The molecule has 0 aliphatic heterocycles. The van der Waals surface area contributed by atoms with Crippen molar-refractivity contribution in [2.75, 3.05) is 12.8 Å². The van der Waals surface area contributed by atoms with E-state index in [1.165, 1.54) is 16.2 Å². The molecule has 20 heavy (non-hydrogen) atoms. The van der Waals surface area contributed by atoms with Crippen LogP contribution < -0.4 is 5.32 Å². The van der Waals surface area contributed by atoms with Gasteiger partial charge in [0.25, 0.3) is 0 Å². The first-order chi connectivity index (χ1) is 9.63. The second kappa shape index (κ2) is 6.95. The van der Waals surface area contributed by atoms with E-state index in [4.69, 9.17) is 0 Å². The molecule has 1 unspecified atom stereocenters. The molecule has 0 aliphatic carbocycles. The van der Waals surface area contributed by atoms with E-state index in [-0.39, 0.29) is 0 Å². The van der Waals surface area contributed by atoms with Crippen LogP contribution in [0.4, 0.5) is 0 Å². The Kier molecular flexibility index (Phi) is 5.26. The lowest BCUT2D eigenvalue weighted by Crippen LogP contribution is -2.20. The van der Waals surface area contributed by atoms with Crippen molar-refractivity contribution in [3.8, 4) is 0 Å². The molecule has 2 rings (SSSR count). The van der Waals surface area contributed by atoms with Crippen molar-refractivity contribution in [1.29, 1.82) is 0 Å². The molecule has 1 heterocycles. The van der Waals surface area contributed by atoms with Gasteiger partial charge in [-0.3, -0.25) is 4.68 Å². The van der Waals surface area contributed by atoms with E-state index < -0.39 is 0 Å². The summed E-state index contributed by atoms with van der Waals surface area (Å²) in [6.07, 6.45) is 0.952. The number of rotatable bonds is 6. The molecule has 1 aromatic heterocycles. The normalized spacial score (nSPS) is 12.6. The second-order valence-corrected chi connectivity index (χ2v) is 6.29. The Morgan fingerprint density at radius 2 is 2.00 bits per heavy atom. The van der Waals surface area contributed by atoms with E-state index in [0.29, 0.717) is 6.04 Å². The van der Waals surface area contributed by atoms with Gasteiger partial charge in [0.05, 0.1) is 5.69 Å². The van der Waals surface area contributed by atoms with E-state index in [1.54, 1.807) is 0 Å². The Bertz CT molecular complexity index is 545. The zero-order valence-corrected chi connectivity index (χ0v) is 13.5. The maximum Gasteiger partial charge on any atom is 0.0596 e. The first-order valence-corrected chi connectivity index (χ1v) is 8.02. The summed E-state index contributed by atoms with van der Waals surface area (Å²) < 4.78 is 1.97. The molecule has 0 spiro atoms. The summed E-state index contributed by atoms with van der Waals surface area (Å²) in [6, 6.07) is 11.4. The first-order valence-electron chi connectivity index (χ1n) is 7.03. The van der Waals surface area contributed by atoms with E-state index in [2.05, 4.69) is 47.7 Å². The second-order valence-electron chi connectivity index (χ2n) is 4.95. The number of nitrogens with zero attached hydrogens (tertiary/aromatic N) is 2. The van der Waals surface area contributed by atoms with Crippen molar-refractivity contribution in [2.24, 2.45) is 7.05 Å². The Morgan fingerprint density at radius 3 is 2.50 bits per heavy atom. The highest BCUT2D eigenvalue weighted by Gasteiger charge is 2.13. The number of aryl methyl sites for hydroxylation is 2. The van der Waals surface area contributed by atoms with Gasteiger partial charge in [-0.15, -0.1) is 11.8 Å². The van der Waals surface area contributed by atoms with Crippen LogP contribution in [0, 0.1) is 6.92 Å². The smallest absolute Gasteiger partial charge is 0.0596 e. The molecule has 0 radical (unpaired) electrons. The average Bonchev–Trinajstić information content (AvgIpc) is 2.75. The lowest BCUT2D eigenvalue weighted by atomic mass is 10.0. The van der Waals surface area contributed by atoms with E-state index in [0.717, 1.165) is 17.9 Å². The highest BCUT2D eigenvalue weighted by molar-refractivity contribution is 7.99. The van der Waals surface area contributed by atoms with Crippen molar-refractivity contribution in [2.45, 2.75) is 31.2 Å². The van der Waals surface area contributed by atoms with Gasteiger partial charge >= 0.3 is 0 Å². The zero-order valence-electron chi connectivity index (χ0n) is 12.7. The van der Waals surface area contributed by atoms with E-state index in [1.807, 2.05) is 37.5 Å². The van der Waals surface area contributed by atoms with Gasteiger partial charge in [-0.2, -0.15) is 5.10 Å². The predicted octanol–water partition coefficient (Wildman–Crippen LogP) is 3.34. The van der Waals surface area contributed by atoms with Crippen LogP contribution in [0.25, 0.3) is 0 Å². The molecular formula is C16H23N3S. The van der Waals surface area contributed by atoms with Crippen molar-refractivity contribution >= 4 is 11.8 Å². The van der Waals surface area contributed by atoms with Gasteiger partial charge in [0.1, 0.15) is 0 Å². The topological polar surface area (TPSA) is 29.9 Å². The Morgan fingerprint density at radius 1 is 1.30 bits per heavy atom. The number of thioether (sulfide) groups is 1. The largest absolute Gasteiger partial charge is 0.313 e. The Labute approximate surface area is 125 Å². The first kappa shape index (κ1) is 15.1. The molecule has 0 aliphatic rings. The number of nitrogens with one attached hydrogen (secondary N) is 1. The summed E-state index contributed by atoms with van der Waals surface area (Å²) in [7, 11) is 4.03. The quantitative estimate of drug-likeness (QED) is 0.827. The number of benzene rings is 1. The molecule has 0 saturated carbocycles. The minimum atomic E-state index is 0.325. The van der Waals surface area contributed by atoms with Gasteiger partial charge in [-0.25, -0.2) is 0 Å². The molecule has 0 fully saturated rings. The number of hydrogen-bond acceptors (Lipinski definition) is 3. The molecule has 0 saturated heterocycles. The minimum Gasteiger partial charge on any atom is -0.313 e. The van der Waals surface area contributed by atoms with Crippen LogP contribution in [-0.4, -0.2) is 22.6 Å². The van der Waals surface area contributed by atoms with Crippen LogP contribution in [0.15, 0.2) is 35.2 Å². The molecule has 1 atom stereocenters. The minimum absolute atomic E-state index is 0.325. The maximum atomic E-state index is 4.42. The summed E-state index contributed by atoms with van der Waals surface area (Å²) >= 11 is 1.88. The molecule has 0 amide bonds. The van der Waals surface area contributed by atoms with Gasteiger partial charge in [-0.1, -0.05) is 19.1 Å². The van der Waals surface area contributed by atoms with Crippen LogP contribution in [0.1, 0.15) is 29.9 Å². The standard InChI is InChI=1S/C16H23N3S/c1-5-20-15-8-6-13(7-9-15)16(17-3)11-14-10-12(2)18-19(14)4/h6-10,16-17H,5,11H2,1-4H3. The molecule has 2 aromatic rings. The average molecular weight is 289 g/mol. The van der Waals surface area contributed by atoms with Gasteiger partial charge in [0, 0.05) is 30.1 Å². The summed E-state index contributed by atoms with van der Waals surface area (Å²) in [4.78, 5) is 1.34. The molecular weight excluding hydrogens is 266 g/mol. The molecule has 4 heteroatoms. The van der Waals surface area contributed by atoms with Crippen LogP contribution in [0.5, 0.6) is 0 Å². The highest BCUT2D eigenvalue weighted by atomic mass is 32.2. The molecule has 1 aromatic carbocycles. The number of likely N-dealkylation sites (N-methyl/N-ethyl adjacent to an activating group) is 1. The third-order valence-electron chi connectivity index (χ3n) is 3.45. The summed E-state index contributed by atoms with van der Waals surface area (Å²) in [5.41, 5.74) is 3.66. The maximum absolute atomic E-state index is 4.42. The van der Waals surface area contributed by atoms with Crippen molar-refractivity contribution in [1.82, 2.24) is 15.1 Å². The van der Waals surface area contributed by atoms with Gasteiger partial charge < -0.3 is 5.32 Å². The third kappa shape index (κ3) is 3.64. The molecule has 1 N–H and O–H groups in total. The SMILES string of the molecule is CCSc1ccc(C(Cc2cc(C)nn2C)NC)cc1. The Balaban J connectivity index is 2.13. The Hall–Kier alpha value is -1.26. The van der Waals surface area contributed by atoms with Crippen LogP contribution >= 0.6 is 11.8 Å². The van der Waals surface area contributed by atoms with Crippen molar-refractivity contribution < 1.29 is 0 Å². The fourth-order valence-electron chi connectivity index (χ4n) is 2.41. The lowest BCUT2D eigenvalue weighted by Gasteiger charge is -2.17. The number of aromatic nitrogens is 2. The van der Waals surface area contributed by atoms with Crippen LogP contribution in [0.3, 0.4) is 0 Å². The van der Waals surface area contributed by atoms with E-state index >= 15 is 0 Å². The van der Waals surface area contributed by atoms with Crippen molar-refractivity contribution in [3.63, 3.8) is 0 Å². The van der Waals surface area contributed by atoms with E-state index in [9.17, 15) is 0 Å². The summed E-state index contributed by atoms with van der Waals surface area (Å²) in [5, 5.41) is 7.82. The van der Waals surface area contributed by atoms with Gasteiger partial charge in [0.15, 0.2) is 0 Å². The zero-order chi connectivity index (χ0) is 14.5. The highest BCUT2D eigenvalue weighted by Crippen LogP contribution is 2.23. The fraction of sp³-hybridized carbons (Fsp3) is 0.438. The summed E-state index contributed by atoms with van der Waals surface area (Å²) in [6.45, 7) is 4.22. The molecule has 3 nitrogen and oxygen atoms in total. The van der Waals surface area contributed by atoms with Gasteiger partial charge in [-0.05, 0) is 43.5 Å². The third-order valence-corrected chi connectivity index (χ3v) is 4.35. The van der Waals surface area contributed by atoms with Crippen LogP contribution in [-0.2, 0) is 13.5 Å². The fourth-order valence-corrected chi connectivity index (χ4v) is 3.08. The monoisotopic (exact) mass is 289 g/mol. The lowest BCUT2D eigenvalue weighted by molar-refractivity contribution is 0.561. The molecule has 108 valence electrons. The van der Waals surface area contributed by atoms with Crippen molar-refractivity contribution in [3.05, 3.63) is 47.3 Å². The summed E-state index contributed by atoms with van der Waals surface area (Å²) in [5.74, 6) is 1.11. The molecule has 0 bridgehead atoms. The predicted molar refractivity (Wildman–Crippen MR) is 86.3 cm³/mol. The van der Waals surface area contributed by atoms with Crippen LogP contribution in [0.2, 0.25) is 0 Å². The number of hydrogen-bond donors (Lipinski definition) is 1.